The van der Waals surface area contributed by atoms with Crippen LogP contribution in [0.1, 0.15) is 26.3 Å². The van der Waals surface area contributed by atoms with Crippen LogP contribution in [0.15, 0.2) is 66.3 Å². The van der Waals surface area contributed by atoms with Gasteiger partial charge in [-0.05, 0) is 31.9 Å². The Balaban J connectivity index is 2.22. The summed E-state index contributed by atoms with van der Waals surface area (Å²) in [6.07, 6.45) is 10.3. The summed E-state index contributed by atoms with van der Waals surface area (Å²) in [4.78, 5) is 14.9. The highest BCUT2D eigenvalue weighted by Gasteiger charge is 2.39. The van der Waals surface area contributed by atoms with Crippen molar-refractivity contribution >= 4 is 5.97 Å². The lowest BCUT2D eigenvalue weighted by Crippen LogP contribution is -2.26. The summed E-state index contributed by atoms with van der Waals surface area (Å²) in [5, 5.41) is 0. The molecule has 0 unspecified atom stereocenters. The third-order valence-electron chi connectivity index (χ3n) is 4.50. The minimum absolute atomic E-state index is 0.0843. The first-order valence-electron chi connectivity index (χ1n) is 9.08. The molecule has 1 aromatic rings. The molecule has 1 heterocycles. The van der Waals surface area contributed by atoms with E-state index in [4.69, 9.17) is 4.74 Å². The number of hydrogen-bond acceptors (Lipinski definition) is 3. The predicted octanol–water partition coefficient (Wildman–Crippen LogP) is 4.38. The summed E-state index contributed by atoms with van der Waals surface area (Å²) >= 11 is 0. The summed E-state index contributed by atoms with van der Waals surface area (Å²) in [7, 11) is 0. The van der Waals surface area contributed by atoms with E-state index >= 15 is 0 Å². The lowest BCUT2D eigenvalue weighted by atomic mass is 9.88. The first-order valence-corrected chi connectivity index (χ1v) is 9.08. The van der Waals surface area contributed by atoms with Crippen molar-refractivity contribution in [2.24, 2.45) is 11.8 Å². The smallest absolute Gasteiger partial charge is 0.310 e. The molecule has 1 fully saturated rings. The van der Waals surface area contributed by atoms with Crippen molar-refractivity contribution in [2.75, 3.05) is 19.7 Å². The Morgan fingerprint density at radius 2 is 1.88 bits per heavy atom. The van der Waals surface area contributed by atoms with Crippen LogP contribution in [-0.4, -0.2) is 30.6 Å². The second kappa shape index (κ2) is 10.00. The molecule has 25 heavy (non-hydrogen) atoms. The normalized spacial score (nSPS) is 22.1. The molecule has 0 spiro atoms. The maximum atomic E-state index is 12.5. The zero-order valence-corrected chi connectivity index (χ0v) is 15.5. The zero-order valence-electron chi connectivity index (χ0n) is 15.5. The van der Waals surface area contributed by atoms with Gasteiger partial charge in [-0.25, -0.2) is 0 Å². The monoisotopic (exact) mass is 339 g/mol. The van der Waals surface area contributed by atoms with Crippen LogP contribution in [0.3, 0.4) is 0 Å². The molecule has 0 saturated carbocycles. The highest BCUT2D eigenvalue weighted by atomic mass is 16.5. The predicted molar refractivity (Wildman–Crippen MR) is 103 cm³/mol. The van der Waals surface area contributed by atoms with Crippen LogP contribution in [0, 0.1) is 11.8 Å². The van der Waals surface area contributed by atoms with Gasteiger partial charge in [0.25, 0.3) is 0 Å². The van der Waals surface area contributed by atoms with Crippen LogP contribution < -0.4 is 0 Å². The number of carbonyl (C=O) groups excluding carboxylic acids is 1. The quantitative estimate of drug-likeness (QED) is 0.545. The van der Waals surface area contributed by atoms with Gasteiger partial charge >= 0.3 is 5.97 Å². The lowest BCUT2D eigenvalue weighted by molar-refractivity contribution is -0.148. The molecule has 0 bridgehead atoms. The van der Waals surface area contributed by atoms with E-state index in [0.717, 1.165) is 19.6 Å². The SMILES string of the molecule is C\C=C/C=C(\C=C/C)[C@@H]1CN(Cc2ccccc2)C[C@H]1C(=O)OCC. The molecular formula is C22H29NO2. The van der Waals surface area contributed by atoms with Crippen LogP contribution in [0.5, 0.6) is 0 Å². The third-order valence-corrected chi connectivity index (χ3v) is 4.50. The number of esters is 1. The summed E-state index contributed by atoms with van der Waals surface area (Å²) in [6.45, 7) is 8.78. The lowest BCUT2D eigenvalue weighted by Gasteiger charge is -2.18. The molecule has 0 radical (unpaired) electrons. The molecule has 1 aliphatic rings. The Kier molecular flexibility index (Phi) is 7.68. The fraction of sp³-hybridized carbons (Fsp3) is 0.409. The van der Waals surface area contributed by atoms with E-state index in [0.29, 0.717) is 6.61 Å². The maximum absolute atomic E-state index is 12.5. The van der Waals surface area contributed by atoms with E-state index in [1.807, 2.05) is 45.1 Å². The number of likely N-dealkylation sites (tertiary alicyclic amines) is 1. The van der Waals surface area contributed by atoms with Crippen molar-refractivity contribution < 1.29 is 9.53 Å². The highest BCUT2D eigenvalue weighted by molar-refractivity contribution is 5.74. The van der Waals surface area contributed by atoms with Gasteiger partial charge in [0.1, 0.15) is 0 Å². The number of allylic oxidation sites excluding steroid dienone is 5. The van der Waals surface area contributed by atoms with Gasteiger partial charge in [-0.15, -0.1) is 0 Å². The Labute approximate surface area is 151 Å². The largest absolute Gasteiger partial charge is 0.466 e. The number of hydrogen-bond donors (Lipinski definition) is 0. The number of benzene rings is 1. The van der Waals surface area contributed by atoms with Gasteiger partial charge < -0.3 is 4.74 Å². The Hall–Kier alpha value is -2.13. The van der Waals surface area contributed by atoms with Crippen LogP contribution >= 0.6 is 0 Å². The average Bonchev–Trinajstić information content (AvgIpc) is 3.03. The average molecular weight is 339 g/mol. The minimum Gasteiger partial charge on any atom is -0.466 e. The van der Waals surface area contributed by atoms with Crippen molar-refractivity contribution in [3.8, 4) is 0 Å². The van der Waals surface area contributed by atoms with Crippen molar-refractivity contribution in [1.82, 2.24) is 4.90 Å². The standard InChI is InChI=1S/C22H29NO2/c1-4-7-14-19(11-5-2)20-16-23(15-18-12-9-8-10-13-18)17-21(20)22(24)25-6-3/h4-5,7-14,20-21H,6,15-17H2,1-3H3/b7-4-,11-5-,19-14+/t20-,21+/m0/s1. The van der Waals surface area contributed by atoms with Gasteiger partial charge in [-0.3, -0.25) is 9.69 Å². The van der Waals surface area contributed by atoms with E-state index in [9.17, 15) is 4.79 Å². The second-order valence-corrected chi connectivity index (χ2v) is 6.34. The number of rotatable bonds is 7. The van der Waals surface area contributed by atoms with Crippen molar-refractivity contribution in [1.29, 1.82) is 0 Å². The van der Waals surface area contributed by atoms with Crippen LogP contribution in [0.4, 0.5) is 0 Å². The van der Waals surface area contributed by atoms with Crippen molar-refractivity contribution in [2.45, 2.75) is 27.3 Å². The molecule has 2 atom stereocenters. The topological polar surface area (TPSA) is 29.5 Å². The first-order chi connectivity index (χ1) is 12.2. The molecule has 3 heteroatoms. The van der Waals surface area contributed by atoms with Gasteiger partial charge in [0.15, 0.2) is 0 Å². The summed E-state index contributed by atoms with van der Waals surface area (Å²) in [5.41, 5.74) is 2.46. The molecule has 0 amide bonds. The van der Waals surface area contributed by atoms with Gasteiger partial charge in [-0.2, -0.15) is 0 Å². The molecule has 0 aromatic heterocycles. The van der Waals surface area contributed by atoms with Gasteiger partial charge in [0, 0.05) is 25.6 Å². The van der Waals surface area contributed by atoms with Gasteiger partial charge in [0.05, 0.1) is 12.5 Å². The molecule has 0 aliphatic carbocycles. The Bertz CT molecular complexity index is 631. The number of ether oxygens (including phenoxy) is 1. The molecule has 2 rings (SSSR count). The minimum atomic E-state index is -0.114. The summed E-state index contributed by atoms with van der Waals surface area (Å²) in [5.74, 6) is -0.0366. The van der Waals surface area contributed by atoms with E-state index in [1.165, 1.54) is 11.1 Å². The molecule has 1 aromatic carbocycles. The van der Waals surface area contributed by atoms with Crippen LogP contribution in [0.25, 0.3) is 0 Å². The van der Waals surface area contributed by atoms with Crippen LogP contribution in [-0.2, 0) is 16.1 Å². The molecule has 3 nitrogen and oxygen atoms in total. The summed E-state index contributed by atoms with van der Waals surface area (Å²) < 4.78 is 5.35. The van der Waals surface area contributed by atoms with Gasteiger partial charge in [0.2, 0.25) is 0 Å². The van der Waals surface area contributed by atoms with E-state index < -0.39 is 0 Å². The summed E-state index contributed by atoms with van der Waals surface area (Å²) in [6, 6.07) is 10.4. The van der Waals surface area contributed by atoms with E-state index in [2.05, 4.69) is 41.3 Å². The Morgan fingerprint density at radius 1 is 1.16 bits per heavy atom. The van der Waals surface area contributed by atoms with Crippen LogP contribution in [0.2, 0.25) is 0 Å². The van der Waals surface area contributed by atoms with E-state index in [1.54, 1.807) is 0 Å². The molecule has 1 saturated heterocycles. The van der Waals surface area contributed by atoms with Crippen molar-refractivity contribution in [3.63, 3.8) is 0 Å². The highest BCUT2D eigenvalue weighted by Crippen LogP contribution is 2.32. The molecule has 134 valence electrons. The fourth-order valence-corrected chi connectivity index (χ4v) is 3.38. The zero-order chi connectivity index (χ0) is 18.1. The maximum Gasteiger partial charge on any atom is 0.310 e. The second-order valence-electron chi connectivity index (χ2n) is 6.34. The van der Waals surface area contributed by atoms with Gasteiger partial charge in [-0.1, -0.05) is 60.7 Å². The number of nitrogens with zero attached hydrogens (tertiary/aromatic N) is 1. The first kappa shape index (κ1) is 19.2. The third kappa shape index (κ3) is 5.43. The fourth-order valence-electron chi connectivity index (χ4n) is 3.38. The number of carbonyl (C=O) groups is 1. The molecule has 0 N–H and O–H groups in total. The van der Waals surface area contributed by atoms with E-state index in [-0.39, 0.29) is 17.8 Å². The van der Waals surface area contributed by atoms with Crippen molar-refractivity contribution in [3.05, 3.63) is 71.8 Å². The molecule has 1 aliphatic heterocycles. The Morgan fingerprint density at radius 3 is 2.52 bits per heavy atom. The molecular weight excluding hydrogens is 310 g/mol.